The van der Waals surface area contributed by atoms with Crippen molar-refractivity contribution in [2.75, 3.05) is 0 Å². The Balaban J connectivity index is 1.98. The van der Waals surface area contributed by atoms with Crippen LogP contribution in [0.25, 0.3) is 0 Å². The predicted molar refractivity (Wildman–Crippen MR) is 64.3 cm³/mol. The first-order valence-corrected chi connectivity index (χ1v) is 6.15. The maximum absolute atomic E-state index is 12.0. The second kappa shape index (κ2) is 5.20. The molecule has 6 nitrogen and oxygen atoms in total. The van der Waals surface area contributed by atoms with Crippen LogP contribution in [0.5, 0.6) is 0 Å². The molecule has 1 aromatic rings. The van der Waals surface area contributed by atoms with E-state index in [1.54, 1.807) is 6.92 Å². The maximum Gasteiger partial charge on any atom is 0.338 e. The molecule has 0 aromatic carbocycles. The van der Waals surface area contributed by atoms with Crippen molar-refractivity contribution in [3.8, 4) is 0 Å². The summed E-state index contributed by atoms with van der Waals surface area (Å²) in [4.78, 5) is 22.7. The van der Waals surface area contributed by atoms with Crippen LogP contribution in [-0.2, 0) is 4.79 Å². The van der Waals surface area contributed by atoms with E-state index in [-0.39, 0.29) is 17.5 Å². The van der Waals surface area contributed by atoms with Crippen LogP contribution in [0, 0.1) is 0 Å². The number of rotatable bonds is 4. The van der Waals surface area contributed by atoms with Crippen LogP contribution in [0.3, 0.4) is 0 Å². The number of carbonyl (C=O) groups excluding carboxylic acids is 1. The summed E-state index contributed by atoms with van der Waals surface area (Å²) in [6, 6.07) is -0.229. The highest BCUT2D eigenvalue weighted by Crippen LogP contribution is 2.18. The number of nitrogens with one attached hydrogen (secondary N) is 1. The fraction of sp³-hybridized carbons (Fsp3) is 0.583. The first-order chi connectivity index (χ1) is 8.58. The lowest BCUT2D eigenvalue weighted by Gasteiger charge is -2.16. The molecule has 0 saturated heterocycles. The molecule has 1 atom stereocenters. The van der Waals surface area contributed by atoms with E-state index in [1.807, 2.05) is 0 Å². The highest BCUT2D eigenvalue weighted by Gasteiger charge is 2.22. The van der Waals surface area contributed by atoms with Crippen molar-refractivity contribution in [1.82, 2.24) is 15.1 Å². The zero-order chi connectivity index (χ0) is 13.1. The third kappa shape index (κ3) is 2.69. The lowest BCUT2D eigenvalue weighted by atomic mass is 10.2. The molecule has 98 valence electrons. The molecule has 0 bridgehead atoms. The molecule has 1 aliphatic rings. The van der Waals surface area contributed by atoms with Gasteiger partial charge in [-0.15, -0.1) is 0 Å². The molecule has 1 aliphatic carbocycles. The summed E-state index contributed by atoms with van der Waals surface area (Å²) in [5.41, 5.74) is 0.0931. The van der Waals surface area contributed by atoms with Gasteiger partial charge in [0.2, 0.25) is 5.91 Å². The highest BCUT2D eigenvalue weighted by atomic mass is 16.4. The van der Waals surface area contributed by atoms with E-state index >= 15 is 0 Å². The van der Waals surface area contributed by atoms with E-state index in [9.17, 15) is 9.59 Å². The zero-order valence-corrected chi connectivity index (χ0v) is 10.3. The first-order valence-electron chi connectivity index (χ1n) is 6.15. The number of hydrogen-bond donors (Lipinski definition) is 2. The summed E-state index contributed by atoms with van der Waals surface area (Å²) in [6.07, 6.45) is 6.99. The number of carbonyl (C=O) groups is 2. The normalized spacial score (nSPS) is 17.6. The van der Waals surface area contributed by atoms with E-state index in [0.717, 1.165) is 25.7 Å². The number of aromatic nitrogens is 2. The largest absolute Gasteiger partial charge is 0.478 e. The molecule has 1 amide bonds. The summed E-state index contributed by atoms with van der Waals surface area (Å²) in [7, 11) is 0. The minimum absolute atomic E-state index is 0.0931. The third-order valence-electron chi connectivity index (χ3n) is 3.33. The molecule has 0 aliphatic heterocycles. The number of aromatic carboxylic acids is 1. The number of carboxylic acids is 1. The standard InChI is InChI=1S/C12H17N3O3/c1-8(11(16)14-10-4-2-3-5-10)15-7-9(6-13-15)12(17)18/h6-8,10H,2-5H2,1H3,(H,14,16)(H,17,18). The molecule has 2 N–H and O–H groups in total. The molecule has 1 fully saturated rings. The predicted octanol–water partition coefficient (Wildman–Crippen LogP) is 1.20. The number of nitrogens with zero attached hydrogens (tertiary/aromatic N) is 2. The van der Waals surface area contributed by atoms with Crippen molar-refractivity contribution >= 4 is 11.9 Å². The van der Waals surface area contributed by atoms with E-state index in [4.69, 9.17) is 5.11 Å². The minimum atomic E-state index is -1.04. The van der Waals surface area contributed by atoms with Gasteiger partial charge in [0.1, 0.15) is 6.04 Å². The summed E-state index contributed by atoms with van der Waals surface area (Å²) in [5, 5.41) is 15.7. The molecule has 18 heavy (non-hydrogen) atoms. The lowest BCUT2D eigenvalue weighted by Crippen LogP contribution is -2.37. The van der Waals surface area contributed by atoms with Gasteiger partial charge in [0.25, 0.3) is 0 Å². The van der Waals surface area contributed by atoms with Crippen molar-refractivity contribution in [3.05, 3.63) is 18.0 Å². The summed E-state index contributed by atoms with van der Waals surface area (Å²) >= 11 is 0. The number of hydrogen-bond acceptors (Lipinski definition) is 3. The molecule has 1 aromatic heterocycles. The Morgan fingerprint density at radius 1 is 1.50 bits per heavy atom. The molecule has 2 rings (SSSR count). The molecule has 0 radical (unpaired) electrons. The van der Waals surface area contributed by atoms with Crippen LogP contribution < -0.4 is 5.32 Å². The zero-order valence-electron chi connectivity index (χ0n) is 10.3. The van der Waals surface area contributed by atoms with Gasteiger partial charge >= 0.3 is 5.97 Å². The van der Waals surface area contributed by atoms with Gasteiger partial charge in [-0.05, 0) is 19.8 Å². The fourth-order valence-electron chi connectivity index (χ4n) is 2.17. The quantitative estimate of drug-likeness (QED) is 0.842. The first kappa shape index (κ1) is 12.6. The van der Waals surface area contributed by atoms with E-state index < -0.39 is 12.0 Å². The van der Waals surface area contributed by atoms with Crippen molar-refractivity contribution in [1.29, 1.82) is 0 Å². The van der Waals surface area contributed by atoms with Crippen molar-refractivity contribution in [2.24, 2.45) is 0 Å². The average Bonchev–Trinajstić information content (AvgIpc) is 2.98. The van der Waals surface area contributed by atoms with Gasteiger partial charge in [-0.1, -0.05) is 12.8 Å². The van der Waals surface area contributed by atoms with Crippen molar-refractivity contribution < 1.29 is 14.7 Å². The van der Waals surface area contributed by atoms with Crippen molar-refractivity contribution in [3.63, 3.8) is 0 Å². The Hall–Kier alpha value is -1.85. The van der Waals surface area contributed by atoms with Gasteiger partial charge in [-0.2, -0.15) is 5.10 Å². The summed E-state index contributed by atoms with van der Waals surface area (Å²) in [6.45, 7) is 1.71. The molecular weight excluding hydrogens is 234 g/mol. The SMILES string of the molecule is CC(C(=O)NC1CCCC1)n1cc(C(=O)O)cn1. The van der Waals surface area contributed by atoms with Crippen LogP contribution in [0.4, 0.5) is 0 Å². The minimum Gasteiger partial charge on any atom is -0.478 e. The van der Waals surface area contributed by atoms with E-state index in [2.05, 4.69) is 10.4 Å². The second-order valence-electron chi connectivity index (χ2n) is 4.68. The molecule has 1 saturated carbocycles. The van der Waals surface area contributed by atoms with Crippen LogP contribution in [0.1, 0.15) is 49.0 Å². The monoisotopic (exact) mass is 251 g/mol. The Bertz CT molecular complexity index is 449. The topological polar surface area (TPSA) is 84.2 Å². The fourth-order valence-corrected chi connectivity index (χ4v) is 2.17. The van der Waals surface area contributed by atoms with E-state index in [1.165, 1.54) is 17.1 Å². The van der Waals surface area contributed by atoms with Gasteiger partial charge in [-0.3, -0.25) is 9.48 Å². The Kier molecular flexibility index (Phi) is 3.64. The maximum atomic E-state index is 12.0. The van der Waals surface area contributed by atoms with Crippen LogP contribution in [-0.4, -0.2) is 32.8 Å². The summed E-state index contributed by atoms with van der Waals surface area (Å²) in [5.74, 6) is -1.15. The van der Waals surface area contributed by atoms with Crippen LogP contribution in [0.15, 0.2) is 12.4 Å². The molecule has 6 heteroatoms. The summed E-state index contributed by atoms with van der Waals surface area (Å²) < 4.78 is 1.38. The average molecular weight is 251 g/mol. The van der Waals surface area contributed by atoms with E-state index in [0.29, 0.717) is 0 Å². The molecule has 1 unspecified atom stereocenters. The number of carboxylic acid groups (broad SMARTS) is 1. The third-order valence-corrected chi connectivity index (χ3v) is 3.33. The second-order valence-corrected chi connectivity index (χ2v) is 4.68. The van der Waals surface area contributed by atoms with Gasteiger partial charge < -0.3 is 10.4 Å². The molecule has 0 spiro atoms. The van der Waals surface area contributed by atoms with Gasteiger partial charge in [0, 0.05) is 12.2 Å². The van der Waals surface area contributed by atoms with Gasteiger partial charge in [-0.25, -0.2) is 4.79 Å². The van der Waals surface area contributed by atoms with Crippen molar-refractivity contribution in [2.45, 2.75) is 44.7 Å². The highest BCUT2D eigenvalue weighted by molar-refractivity contribution is 5.87. The lowest BCUT2D eigenvalue weighted by molar-refractivity contribution is -0.124. The number of amides is 1. The molecular formula is C12H17N3O3. The molecule has 1 heterocycles. The smallest absolute Gasteiger partial charge is 0.338 e. The Labute approximate surface area is 105 Å². The van der Waals surface area contributed by atoms with Crippen LogP contribution in [0.2, 0.25) is 0 Å². The Morgan fingerprint density at radius 2 is 2.17 bits per heavy atom. The van der Waals surface area contributed by atoms with Gasteiger partial charge in [0.05, 0.1) is 11.8 Å². The van der Waals surface area contributed by atoms with Crippen LogP contribution >= 0.6 is 0 Å². The van der Waals surface area contributed by atoms with Gasteiger partial charge in [0.15, 0.2) is 0 Å². The Morgan fingerprint density at radius 3 is 2.72 bits per heavy atom.